The van der Waals surface area contributed by atoms with Crippen molar-refractivity contribution in [3.05, 3.63) is 36.7 Å². The van der Waals surface area contributed by atoms with Crippen LogP contribution in [0.15, 0.2) is 36.7 Å². The number of anilines is 3. The number of nitrogens with zero attached hydrogens (tertiary/aromatic N) is 2. The van der Waals surface area contributed by atoms with Crippen LogP contribution in [0.3, 0.4) is 0 Å². The van der Waals surface area contributed by atoms with Crippen LogP contribution in [0.5, 0.6) is 5.75 Å². The molecule has 0 saturated heterocycles. The first-order valence-corrected chi connectivity index (χ1v) is 7.06. The molecule has 0 fully saturated rings. The van der Waals surface area contributed by atoms with Crippen LogP contribution in [0.2, 0.25) is 0 Å². The summed E-state index contributed by atoms with van der Waals surface area (Å²) in [5.74, 6) is 2.41. The van der Waals surface area contributed by atoms with Gasteiger partial charge in [-0.1, -0.05) is 0 Å². The highest BCUT2D eigenvalue weighted by molar-refractivity contribution is 5.59. The zero-order valence-corrected chi connectivity index (χ0v) is 13.0. The van der Waals surface area contributed by atoms with E-state index in [-0.39, 0.29) is 5.54 Å². The maximum atomic E-state index is 5.42. The molecule has 1 heterocycles. The number of hydrogen-bond acceptors (Lipinski definition) is 5. The van der Waals surface area contributed by atoms with Gasteiger partial charge in [0.2, 0.25) is 0 Å². The molecule has 2 N–H and O–H groups in total. The van der Waals surface area contributed by atoms with Gasteiger partial charge in [-0.25, -0.2) is 9.97 Å². The van der Waals surface area contributed by atoms with E-state index in [2.05, 4.69) is 41.4 Å². The number of rotatable bonds is 5. The Labute approximate surface area is 125 Å². The molecular weight excluding hydrogens is 264 g/mol. The molecule has 0 unspecified atom stereocenters. The smallest absolute Gasteiger partial charge is 0.135 e. The number of ether oxygens (including phenoxy) is 1. The Bertz CT molecular complexity index is 576. The van der Waals surface area contributed by atoms with Gasteiger partial charge in [0.25, 0.3) is 0 Å². The quantitative estimate of drug-likeness (QED) is 0.874. The predicted molar refractivity (Wildman–Crippen MR) is 86.3 cm³/mol. The second-order valence-corrected chi connectivity index (χ2v) is 5.75. The third-order valence-corrected chi connectivity index (χ3v) is 2.61. The Morgan fingerprint density at radius 3 is 2.33 bits per heavy atom. The third-order valence-electron chi connectivity index (χ3n) is 2.61. The molecule has 0 aliphatic rings. The van der Waals surface area contributed by atoms with Crippen molar-refractivity contribution in [1.82, 2.24) is 9.97 Å². The van der Waals surface area contributed by atoms with Gasteiger partial charge in [-0.2, -0.15) is 0 Å². The van der Waals surface area contributed by atoms with Gasteiger partial charge in [0, 0.05) is 17.3 Å². The molecule has 0 atom stereocenters. The first kappa shape index (κ1) is 15.1. The van der Waals surface area contributed by atoms with Crippen molar-refractivity contribution in [2.45, 2.75) is 33.2 Å². The van der Waals surface area contributed by atoms with Crippen molar-refractivity contribution in [1.29, 1.82) is 0 Å². The van der Waals surface area contributed by atoms with Crippen LogP contribution in [-0.4, -0.2) is 22.1 Å². The van der Waals surface area contributed by atoms with Crippen molar-refractivity contribution in [3.8, 4) is 5.75 Å². The number of nitrogens with one attached hydrogen (secondary N) is 2. The lowest BCUT2D eigenvalue weighted by Crippen LogP contribution is -2.26. The molecule has 112 valence electrons. The summed E-state index contributed by atoms with van der Waals surface area (Å²) in [4.78, 5) is 8.45. The highest BCUT2D eigenvalue weighted by Crippen LogP contribution is 2.20. The van der Waals surface area contributed by atoms with E-state index in [1.807, 2.05) is 37.3 Å². The van der Waals surface area contributed by atoms with Crippen molar-refractivity contribution in [2.75, 3.05) is 17.2 Å². The van der Waals surface area contributed by atoms with Crippen LogP contribution >= 0.6 is 0 Å². The Kier molecular flexibility index (Phi) is 4.62. The van der Waals surface area contributed by atoms with Crippen LogP contribution < -0.4 is 15.4 Å². The number of hydrogen-bond donors (Lipinski definition) is 2. The maximum absolute atomic E-state index is 5.42. The lowest BCUT2D eigenvalue weighted by molar-refractivity contribution is 0.340. The molecule has 0 radical (unpaired) electrons. The summed E-state index contributed by atoms with van der Waals surface area (Å²) in [6, 6.07) is 9.68. The molecule has 2 rings (SSSR count). The van der Waals surface area contributed by atoms with Crippen molar-refractivity contribution in [3.63, 3.8) is 0 Å². The van der Waals surface area contributed by atoms with E-state index in [1.165, 1.54) is 0 Å². The van der Waals surface area contributed by atoms with Crippen molar-refractivity contribution < 1.29 is 4.74 Å². The SMILES string of the molecule is CCOc1ccc(Nc2cc(NC(C)(C)C)ncn2)cc1. The minimum Gasteiger partial charge on any atom is -0.494 e. The molecule has 21 heavy (non-hydrogen) atoms. The summed E-state index contributed by atoms with van der Waals surface area (Å²) in [5, 5.41) is 6.57. The Morgan fingerprint density at radius 1 is 1.05 bits per heavy atom. The molecule has 5 nitrogen and oxygen atoms in total. The van der Waals surface area contributed by atoms with E-state index in [1.54, 1.807) is 6.33 Å². The largest absolute Gasteiger partial charge is 0.494 e. The molecule has 0 bridgehead atoms. The van der Waals surface area contributed by atoms with Crippen LogP contribution in [0, 0.1) is 0 Å². The molecule has 1 aromatic carbocycles. The van der Waals surface area contributed by atoms with Gasteiger partial charge < -0.3 is 15.4 Å². The van der Waals surface area contributed by atoms with Crippen LogP contribution in [-0.2, 0) is 0 Å². The van der Waals surface area contributed by atoms with E-state index in [0.29, 0.717) is 6.61 Å². The highest BCUT2D eigenvalue weighted by Gasteiger charge is 2.10. The maximum Gasteiger partial charge on any atom is 0.135 e. The fraction of sp³-hybridized carbons (Fsp3) is 0.375. The van der Waals surface area contributed by atoms with Gasteiger partial charge >= 0.3 is 0 Å². The lowest BCUT2D eigenvalue weighted by Gasteiger charge is -2.21. The molecule has 0 aliphatic carbocycles. The summed E-state index contributed by atoms with van der Waals surface area (Å²) in [6.07, 6.45) is 1.55. The molecule has 0 spiro atoms. The fourth-order valence-electron chi connectivity index (χ4n) is 1.83. The minimum atomic E-state index is -0.0369. The van der Waals surface area contributed by atoms with Gasteiger partial charge in [-0.05, 0) is 52.0 Å². The molecule has 0 amide bonds. The fourth-order valence-corrected chi connectivity index (χ4v) is 1.83. The molecule has 0 aliphatic heterocycles. The standard InChI is InChI=1S/C16H22N4O/c1-5-21-13-8-6-12(7-9-13)19-14-10-15(18-11-17-14)20-16(2,3)4/h6-11H,5H2,1-4H3,(H2,17,18,19,20). The topological polar surface area (TPSA) is 59.1 Å². The van der Waals surface area contributed by atoms with E-state index in [9.17, 15) is 0 Å². The van der Waals surface area contributed by atoms with Crippen molar-refractivity contribution in [2.24, 2.45) is 0 Å². The average Bonchev–Trinajstić information content (AvgIpc) is 2.40. The van der Waals surface area contributed by atoms with Crippen LogP contribution in [0.4, 0.5) is 17.3 Å². The predicted octanol–water partition coefficient (Wildman–Crippen LogP) is 3.83. The third kappa shape index (κ3) is 4.95. The van der Waals surface area contributed by atoms with Crippen LogP contribution in [0.25, 0.3) is 0 Å². The van der Waals surface area contributed by atoms with Crippen molar-refractivity contribution >= 4 is 17.3 Å². The summed E-state index contributed by atoms with van der Waals surface area (Å²) in [5.41, 5.74) is 0.920. The molecule has 2 aromatic rings. The molecule has 0 saturated carbocycles. The Balaban J connectivity index is 2.07. The number of aromatic nitrogens is 2. The normalized spacial score (nSPS) is 11.0. The summed E-state index contributed by atoms with van der Waals surface area (Å²) < 4.78 is 5.42. The lowest BCUT2D eigenvalue weighted by atomic mass is 10.1. The zero-order chi connectivity index (χ0) is 15.3. The average molecular weight is 286 g/mol. The van der Waals surface area contributed by atoms with E-state index >= 15 is 0 Å². The Hall–Kier alpha value is -2.30. The van der Waals surface area contributed by atoms with E-state index in [4.69, 9.17) is 4.74 Å². The monoisotopic (exact) mass is 286 g/mol. The summed E-state index contributed by atoms with van der Waals surface area (Å²) in [7, 11) is 0. The second-order valence-electron chi connectivity index (χ2n) is 5.75. The molecule has 5 heteroatoms. The minimum absolute atomic E-state index is 0.0369. The van der Waals surface area contributed by atoms with E-state index in [0.717, 1.165) is 23.1 Å². The zero-order valence-electron chi connectivity index (χ0n) is 13.0. The summed E-state index contributed by atoms with van der Waals surface area (Å²) >= 11 is 0. The summed E-state index contributed by atoms with van der Waals surface area (Å²) in [6.45, 7) is 8.91. The van der Waals surface area contributed by atoms with Crippen LogP contribution in [0.1, 0.15) is 27.7 Å². The van der Waals surface area contributed by atoms with Gasteiger partial charge in [0.15, 0.2) is 0 Å². The first-order valence-electron chi connectivity index (χ1n) is 7.06. The van der Waals surface area contributed by atoms with Gasteiger partial charge in [-0.15, -0.1) is 0 Å². The number of benzene rings is 1. The van der Waals surface area contributed by atoms with E-state index < -0.39 is 0 Å². The Morgan fingerprint density at radius 2 is 1.71 bits per heavy atom. The van der Waals surface area contributed by atoms with Gasteiger partial charge in [0.05, 0.1) is 6.61 Å². The second kappa shape index (κ2) is 6.43. The van der Waals surface area contributed by atoms with Gasteiger partial charge in [-0.3, -0.25) is 0 Å². The molecular formula is C16H22N4O. The molecule has 1 aromatic heterocycles. The first-order chi connectivity index (χ1) is 9.96. The highest BCUT2D eigenvalue weighted by atomic mass is 16.5. The van der Waals surface area contributed by atoms with Gasteiger partial charge in [0.1, 0.15) is 23.7 Å².